The number of aryl methyl sites for hydroxylation is 1. The fourth-order valence-electron chi connectivity index (χ4n) is 3.73. The lowest BCUT2D eigenvalue weighted by Crippen LogP contribution is -2.48. The molecule has 4 rings (SSSR count). The Kier molecular flexibility index (Phi) is 5.17. The Morgan fingerprint density at radius 3 is 2.89 bits per heavy atom. The molecule has 6 nitrogen and oxygen atoms in total. The van der Waals surface area contributed by atoms with Crippen LogP contribution < -0.4 is 0 Å². The number of ether oxygens (including phenoxy) is 1. The molecule has 1 aliphatic heterocycles. The lowest BCUT2D eigenvalue weighted by atomic mass is 10.0. The van der Waals surface area contributed by atoms with Gasteiger partial charge in [0, 0.05) is 23.7 Å². The Balaban J connectivity index is 1.67. The van der Waals surface area contributed by atoms with Crippen molar-refractivity contribution in [2.45, 2.75) is 39.2 Å². The average molecular weight is 398 g/mol. The predicted molar refractivity (Wildman–Crippen MR) is 109 cm³/mol. The summed E-state index contributed by atoms with van der Waals surface area (Å²) in [5, 5.41) is 1.82. The van der Waals surface area contributed by atoms with E-state index in [1.165, 1.54) is 11.3 Å². The molecular formula is C21H23N3O3S. The summed E-state index contributed by atoms with van der Waals surface area (Å²) >= 11 is 1.44. The van der Waals surface area contributed by atoms with Gasteiger partial charge >= 0.3 is 5.97 Å². The largest absolute Gasteiger partial charge is 0.464 e. The Morgan fingerprint density at radius 2 is 2.11 bits per heavy atom. The molecule has 0 saturated carbocycles. The molecule has 1 aliphatic rings. The number of amides is 1. The van der Waals surface area contributed by atoms with Crippen LogP contribution in [0.1, 0.15) is 42.2 Å². The zero-order chi connectivity index (χ0) is 19.7. The van der Waals surface area contributed by atoms with Crippen molar-refractivity contribution in [1.82, 2.24) is 14.3 Å². The van der Waals surface area contributed by atoms with Gasteiger partial charge in [-0.1, -0.05) is 24.3 Å². The highest BCUT2D eigenvalue weighted by molar-refractivity contribution is 7.15. The van der Waals surface area contributed by atoms with E-state index in [2.05, 4.69) is 0 Å². The second-order valence-corrected chi connectivity index (χ2v) is 7.81. The van der Waals surface area contributed by atoms with Gasteiger partial charge in [0.1, 0.15) is 11.7 Å². The Hall–Kier alpha value is -2.67. The monoisotopic (exact) mass is 397 g/mol. The molecule has 1 saturated heterocycles. The van der Waals surface area contributed by atoms with Gasteiger partial charge in [-0.2, -0.15) is 0 Å². The summed E-state index contributed by atoms with van der Waals surface area (Å²) in [6.07, 6.45) is 4.38. The number of esters is 1. The van der Waals surface area contributed by atoms with Crippen molar-refractivity contribution in [1.29, 1.82) is 0 Å². The minimum atomic E-state index is -0.504. The first-order valence-electron chi connectivity index (χ1n) is 9.60. The van der Waals surface area contributed by atoms with E-state index in [1.807, 2.05) is 47.2 Å². The topological polar surface area (TPSA) is 63.9 Å². The number of imidazole rings is 1. The molecule has 28 heavy (non-hydrogen) atoms. The molecule has 0 spiro atoms. The molecule has 1 aromatic carbocycles. The normalized spacial score (nSPS) is 17.1. The number of likely N-dealkylation sites (tertiary alicyclic amines) is 1. The number of rotatable bonds is 4. The van der Waals surface area contributed by atoms with Gasteiger partial charge in [-0.15, -0.1) is 11.3 Å². The van der Waals surface area contributed by atoms with Crippen molar-refractivity contribution in [3.63, 3.8) is 0 Å². The molecule has 1 fully saturated rings. The first kappa shape index (κ1) is 18.7. The number of hydrogen-bond acceptors (Lipinski definition) is 5. The minimum Gasteiger partial charge on any atom is -0.464 e. The molecule has 0 radical (unpaired) electrons. The second-order valence-electron chi connectivity index (χ2n) is 6.98. The minimum absolute atomic E-state index is 0.141. The second kappa shape index (κ2) is 7.75. The highest BCUT2D eigenvalue weighted by Crippen LogP contribution is 2.28. The summed E-state index contributed by atoms with van der Waals surface area (Å²) in [7, 11) is 0. The highest BCUT2D eigenvalue weighted by atomic mass is 32.1. The van der Waals surface area contributed by atoms with E-state index in [0.29, 0.717) is 25.3 Å². The van der Waals surface area contributed by atoms with E-state index in [0.717, 1.165) is 34.6 Å². The van der Waals surface area contributed by atoms with Crippen molar-refractivity contribution in [3.05, 3.63) is 47.1 Å². The third-order valence-electron chi connectivity index (χ3n) is 5.17. The van der Waals surface area contributed by atoms with E-state index < -0.39 is 6.04 Å². The number of piperidine rings is 1. The van der Waals surface area contributed by atoms with E-state index >= 15 is 0 Å². The average Bonchev–Trinajstić information content (AvgIpc) is 3.29. The Bertz CT molecular complexity index is 1020. The van der Waals surface area contributed by atoms with E-state index in [4.69, 9.17) is 9.72 Å². The zero-order valence-electron chi connectivity index (χ0n) is 16.1. The molecule has 3 heterocycles. The van der Waals surface area contributed by atoms with Gasteiger partial charge in [0.25, 0.3) is 5.91 Å². The fourth-order valence-corrected chi connectivity index (χ4v) is 4.58. The maximum Gasteiger partial charge on any atom is 0.328 e. The third kappa shape index (κ3) is 3.30. The SMILES string of the molecule is CCOC(=O)[C@H]1CCCCN1C(=O)c1csc2nc(-c3ccccc3C)cn12. The van der Waals surface area contributed by atoms with Crippen LogP contribution in [0.5, 0.6) is 0 Å². The van der Waals surface area contributed by atoms with Crippen LogP contribution in [0.2, 0.25) is 0 Å². The molecule has 0 unspecified atom stereocenters. The number of hydrogen-bond donors (Lipinski definition) is 0. The first-order chi connectivity index (χ1) is 13.6. The van der Waals surface area contributed by atoms with E-state index in [-0.39, 0.29) is 11.9 Å². The summed E-state index contributed by atoms with van der Waals surface area (Å²) in [5.41, 5.74) is 3.59. The number of aromatic nitrogens is 2. The van der Waals surface area contributed by atoms with E-state index in [9.17, 15) is 9.59 Å². The Morgan fingerprint density at radius 1 is 1.29 bits per heavy atom. The molecule has 2 aromatic heterocycles. The zero-order valence-corrected chi connectivity index (χ0v) is 16.9. The van der Waals surface area contributed by atoms with Crippen LogP contribution in [-0.4, -0.2) is 45.4 Å². The maximum atomic E-state index is 13.3. The molecule has 1 atom stereocenters. The van der Waals surface area contributed by atoms with Crippen molar-refractivity contribution < 1.29 is 14.3 Å². The van der Waals surface area contributed by atoms with Crippen LogP contribution in [0, 0.1) is 6.92 Å². The van der Waals surface area contributed by atoms with Gasteiger partial charge in [0.2, 0.25) is 0 Å². The summed E-state index contributed by atoms with van der Waals surface area (Å²) in [6.45, 7) is 4.72. The molecular weight excluding hydrogens is 374 g/mol. The number of carbonyl (C=O) groups excluding carboxylic acids is 2. The van der Waals surface area contributed by atoms with Crippen LogP contribution >= 0.6 is 11.3 Å². The summed E-state index contributed by atoms with van der Waals surface area (Å²) < 4.78 is 7.03. The lowest BCUT2D eigenvalue weighted by molar-refractivity contribution is -0.149. The molecule has 7 heteroatoms. The molecule has 1 amide bonds. The van der Waals surface area contributed by atoms with Crippen LogP contribution in [0.25, 0.3) is 16.2 Å². The van der Waals surface area contributed by atoms with Crippen molar-refractivity contribution >= 4 is 28.2 Å². The Labute approximate surface area is 167 Å². The number of thiazole rings is 1. The summed E-state index contributed by atoms with van der Waals surface area (Å²) in [5.74, 6) is -0.453. The number of carbonyl (C=O) groups is 2. The van der Waals surface area contributed by atoms with Gasteiger partial charge < -0.3 is 9.64 Å². The smallest absolute Gasteiger partial charge is 0.328 e. The predicted octanol–water partition coefficient (Wildman–Crippen LogP) is 3.93. The van der Waals surface area contributed by atoms with Crippen molar-refractivity contribution in [3.8, 4) is 11.3 Å². The molecule has 0 aliphatic carbocycles. The van der Waals surface area contributed by atoms with Crippen LogP contribution in [0.4, 0.5) is 0 Å². The maximum absolute atomic E-state index is 13.3. The van der Waals surface area contributed by atoms with Crippen molar-refractivity contribution in [2.24, 2.45) is 0 Å². The third-order valence-corrected chi connectivity index (χ3v) is 6.01. The molecule has 3 aromatic rings. The highest BCUT2D eigenvalue weighted by Gasteiger charge is 2.34. The van der Waals surface area contributed by atoms with Gasteiger partial charge in [0.15, 0.2) is 4.96 Å². The first-order valence-corrected chi connectivity index (χ1v) is 10.5. The van der Waals surface area contributed by atoms with Crippen molar-refractivity contribution in [2.75, 3.05) is 13.2 Å². The fraction of sp³-hybridized carbons (Fsp3) is 0.381. The number of fused-ring (bicyclic) bond motifs is 1. The van der Waals surface area contributed by atoms with Gasteiger partial charge in [-0.3, -0.25) is 9.20 Å². The van der Waals surface area contributed by atoms with Gasteiger partial charge in [-0.25, -0.2) is 9.78 Å². The standard InChI is InChI=1S/C21H23N3O3S/c1-3-27-20(26)17-10-6-7-11-23(17)19(25)18-13-28-21-22-16(12-24(18)21)15-9-5-4-8-14(15)2/h4-5,8-9,12-13,17H,3,6-7,10-11H2,1-2H3/t17-/m1/s1. The molecule has 0 N–H and O–H groups in total. The van der Waals surface area contributed by atoms with Crippen LogP contribution in [-0.2, 0) is 9.53 Å². The lowest BCUT2D eigenvalue weighted by Gasteiger charge is -2.33. The van der Waals surface area contributed by atoms with Gasteiger partial charge in [0.05, 0.1) is 12.3 Å². The number of nitrogens with zero attached hydrogens (tertiary/aromatic N) is 3. The summed E-state index contributed by atoms with van der Waals surface area (Å²) in [6, 6.07) is 7.56. The van der Waals surface area contributed by atoms with Crippen LogP contribution in [0.15, 0.2) is 35.8 Å². The van der Waals surface area contributed by atoms with Crippen LogP contribution in [0.3, 0.4) is 0 Å². The summed E-state index contributed by atoms with van der Waals surface area (Å²) in [4.78, 5) is 32.8. The molecule has 146 valence electrons. The van der Waals surface area contributed by atoms with Gasteiger partial charge in [-0.05, 0) is 38.7 Å². The van der Waals surface area contributed by atoms with E-state index in [1.54, 1.807) is 11.8 Å². The molecule has 0 bridgehead atoms. The quantitative estimate of drug-likeness (QED) is 0.626. The number of benzene rings is 1.